The fourth-order valence-corrected chi connectivity index (χ4v) is 3.09. The van der Waals surface area contributed by atoms with Crippen LogP contribution < -0.4 is 10.6 Å². The number of thioether (sulfide) groups is 1. The molecule has 1 heterocycles. The van der Waals surface area contributed by atoms with Gasteiger partial charge in [-0.2, -0.15) is 13.2 Å². The van der Waals surface area contributed by atoms with Crippen molar-refractivity contribution in [2.24, 2.45) is 0 Å². The summed E-state index contributed by atoms with van der Waals surface area (Å²) in [5.41, 5.74) is -1.92. The average molecular weight is 282 g/mol. The van der Waals surface area contributed by atoms with Crippen molar-refractivity contribution < 1.29 is 18.0 Å². The quantitative estimate of drug-likeness (QED) is 0.824. The predicted octanol–water partition coefficient (Wildman–Crippen LogP) is 1.68. The molecule has 0 radical (unpaired) electrons. The first-order valence-corrected chi connectivity index (χ1v) is 7.18. The molecule has 2 aliphatic rings. The molecule has 0 atom stereocenters. The van der Waals surface area contributed by atoms with Gasteiger partial charge >= 0.3 is 6.18 Å². The molecule has 0 aromatic carbocycles. The van der Waals surface area contributed by atoms with Crippen LogP contribution in [0, 0.1) is 0 Å². The Morgan fingerprint density at radius 2 is 1.94 bits per heavy atom. The molecule has 2 N–H and O–H groups in total. The third-order valence-electron chi connectivity index (χ3n) is 3.41. The van der Waals surface area contributed by atoms with Crippen molar-refractivity contribution in [3.05, 3.63) is 0 Å². The number of carbonyl (C=O) groups is 1. The molecule has 0 aromatic rings. The second-order valence-electron chi connectivity index (χ2n) is 4.89. The molecule has 0 spiro atoms. The van der Waals surface area contributed by atoms with Crippen LogP contribution in [-0.2, 0) is 4.79 Å². The topological polar surface area (TPSA) is 41.1 Å². The standard InChI is InChI=1S/C11H17F3N2OS/c12-11(13,14)10(3-4-10)16-9(17)7-18-8-1-5-15-6-2-8/h8,15H,1-7H2,(H,16,17). The van der Waals surface area contributed by atoms with Crippen LogP contribution in [0.5, 0.6) is 0 Å². The van der Waals surface area contributed by atoms with E-state index in [2.05, 4.69) is 10.6 Å². The third kappa shape index (κ3) is 3.32. The molecule has 104 valence electrons. The van der Waals surface area contributed by atoms with Crippen molar-refractivity contribution in [2.45, 2.75) is 42.6 Å². The Bertz CT molecular complexity index is 312. The van der Waals surface area contributed by atoms with Gasteiger partial charge in [-0.25, -0.2) is 0 Å². The summed E-state index contributed by atoms with van der Waals surface area (Å²) in [5, 5.41) is 5.74. The summed E-state index contributed by atoms with van der Waals surface area (Å²) >= 11 is 1.47. The van der Waals surface area contributed by atoms with E-state index in [1.807, 2.05) is 0 Å². The molecule has 1 aliphatic carbocycles. The Labute approximate surface area is 108 Å². The van der Waals surface area contributed by atoms with Gasteiger partial charge in [-0.1, -0.05) is 0 Å². The minimum absolute atomic E-state index is 0.0141. The van der Waals surface area contributed by atoms with Gasteiger partial charge in [0.2, 0.25) is 5.91 Å². The van der Waals surface area contributed by atoms with Crippen LogP contribution >= 0.6 is 11.8 Å². The van der Waals surface area contributed by atoms with E-state index in [1.54, 1.807) is 0 Å². The minimum atomic E-state index is -4.32. The number of nitrogens with one attached hydrogen (secondary N) is 2. The summed E-state index contributed by atoms with van der Waals surface area (Å²) in [6.45, 7) is 1.84. The van der Waals surface area contributed by atoms with E-state index in [0.29, 0.717) is 5.25 Å². The number of hydrogen-bond donors (Lipinski definition) is 2. The first kappa shape index (κ1) is 14.0. The normalized spacial score (nSPS) is 23.7. The van der Waals surface area contributed by atoms with Gasteiger partial charge < -0.3 is 10.6 Å². The van der Waals surface area contributed by atoms with E-state index >= 15 is 0 Å². The molecule has 2 rings (SSSR count). The number of amides is 1. The van der Waals surface area contributed by atoms with E-state index in [-0.39, 0.29) is 18.6 Å². The second kappa shape index (κ2) is 5.28. The molecule has 3 nitrogen and oxygen atoms in total. The largest absolute Gasteiger partial charge is 0.411 e. The Kier molecular flexibility index (Phi) is 4.11. The van der Waals surface area contributed by atoms with Gasteiger partial charge in [0, 0.05) is 5.25 Å². The summed E-state index contributed by atoms with van der Waals surface area (Å²) in [4.78, 5) is 11.5. The monoisotopic (exact) mass is 282 g/mol. The number of halogens is 3. The molecule has 1 amide bonds. The van der Waals surface area contributed by atoms with Gasteiger partial charge in [0.25, 0.3) is 0 Å². The first-order chi connectivity index (χ1) is 8.43. The lowest BCUT2D eigenvalue weighted by Crippen LogP contribution is -2.48. The third-order valence-corrected chi connectivity index (χ3v) is 4.78. The van der Waals surface area contributed by atoms with Gasteiger partial charge in [-0.3, -0.25) is 4.79 Å². The van der Waals surface area contributed by atoms with E-state index in [1.165, 1.54) is 11.8 Å². The lowest BCUT2D eigenvalue weighted by atomic mass is 10.2. The SMILES string of the molecule is O=C(CSC1CCNCC1)NC1(C(F)(F)F)CC1. The van der Waals surface area contributed by atoms with Gasteiger partial charge in [0.05, 0.1) is 5.75 Å². The molecular weight excluding hydrogens is 265 g/mol. The number of hydrogen-bond acceptors (Lipinski definition) is 3. The van der Waals surface area contributed by atoms with Crippen LogP contribution in [0.25, 0.3) is 0 Å². The summed E-state index contributed by atoms with van der Waals surface area (Å²) in [7, 11) is 0. The van der Waals surface area contributed by atoms with Crippen molar-refractivity contribution in [1.82, 2.24) is 10.6 Å². The lowest BCUT2D eigenvalue weighted by molar-refractivity contribution is -0.169. The van der Waals surface area contributed by atoms with E-state index in [4.69, 9.17) is 0 Å². The Hall–Kier alpha value is -0.430. The summed E-state index contributed by atoms with van der Waals surface area (Å²) < 4.78 is 37.9. The maximum Gasteiger partial charge on any atom is 0.411 e. The minimum Gasteiger partial charge on any atom is -0.341 e. The number of carbonyl (C=O) groups excluding carboxylic acids is 1. The molecule has 18 heavy (non-hydrogen) atoms. The van der Waals surface area contributed by atoms with Crippen molar-refractivity contribution in [2.75, 3.05) is 18.8 Å². The van der Waals surface area contributed by atoms with Crippen LogP contribution in [0.1, 0.15) is 25.7 Å². The number of rotatable bonds is 4. The maximum absolute atomic E-state index is 12.6. The highest BCUT2D eigenvalue weighted by molar-refractivity contribution is 8.00. The van der Waals surface area contributed by atoms with Crippen molar-refractivity contribution in [3.8, 4) is 0 Å². The Balaban J connectivity index is 1.72. The fraction of sp³-hybridized carbons (Fsp3) is 0.909. The lowest BCUT2D eigenvalue weighted by Gasteiger charge is -2.23. The molecule has 1 saturated heterocycles. The molecule has 7 heteroatoms. The zero-order valence-corrected chi connectivity index (χ0v) is 10.8. The zero-order chi connectivity index (χ0) is 13.2. The van der Waals surface area contributed by atoms with Crippen LogP contribution in [0.15, 0.2) is 0 Å². The highest BCUT2D eigenvalue weighted by Crippen LogP contribution is 2.48. The first-order valence-electron chi connectivity index (χ1n) is 6.13. The Morgan fingerprint density at radius 1 is 1.33 bits per heavy atom. The van der Waals surface area contributed by atoms with Crippen LogP contribution in [-0.4, -0.2) is 41.7 Å². The van der Waals surface area contributed by atoms with E-state index < -0.39 is 17.6 Å². The molecular formula is C11H17F3N2OS. The molecule has 0 bridgehead atoms. The van der Waals surface area contributed by atoms with Crippen molar-refractivity contribution >= 4 is 17.7 Å². The van der Waals surface area contributed by atoms with Gasteiger partial charge in [0.1, 0.15) is 5.54 Å². The van der Waals surface area contributed by atoms with E-state index in [0.717, 1.165) is 25.9 Å². The predicted molar refractivity (Wildman–Crippen MR) is 64.5 cm³/mol. The Morgan fingerprint density at radius 3 is 2.44 bits per heavy atom. The summed E-state index contributed by atoms with van der Waals surface area (Å²) in [6, 6.07) is 0. The fourth-order valence-electron chi connectivity index (χ4n) is 2.06. The smallest absolute Gasteiger partial charge is 0.341 e. The van der Waals surface area contributed by atoms with Crippen LogP contribution in [0.3, 0.4) is 0 Å². The molecule has 0 unspecified atom stereocenters. The maximum atomic E-state index is 12.6. The van der Waals surface area contributed by atoms with Gasteiger partial charge in [0.15, 0.2) is 0 Å². The molecule has 0 aromatic heterocycles. The van der Waals surface area contributed by atoms with Gasteiger partial charge in [-0.15, -0.1) is 11.8 Å². The molecule has 1 aliphatic heterocycles. The molecule has 2 fully saturated rings. The second-order valence-corrected chi connectivity index (χ2v) is 6.18. The highest BCUT2D eigenvalue weighted by atomic mass is 32.2. The average Bonchev–Trinajstić information content (AvgIpc) is 3.08. The molecule has 1 saturated carbocycles. The summed E-state index contributed by atoms with van der Waals surface area (Å²) in [5.74, 6) is -0.365. The number of piperidine rings is 1. The van der Waals surface area contributed by atoms with Crippen LogP contribution in [0.2, 0.25) is 0 Å². The highest BCUT2D eigenvalue weighted by Gasteiger charge is 2.64. The van der Waals surface area contributed by atoms with Crippen molar-refractivity contribution in [1.29, 1.82) is 0 Å². The van der Waals surface area contributed by atoms with E-state index in [9.17, 15) is 18.0 Å². The summed E-state index contributed by atoms with van der Waals surface area (Å²) in [6.07, 6.45) is -2.34. The van der Waals surface area contributed by atoms with Crippen LogP contribution in [0.4, 0.5) is 13.2 Å². The van der Waals surface area contributed by atoms with Crippen molar-refractivity contribution in [3.63, 3.8) is 0 Å². The number of alkyl halides is 3. The van der Waals surface area contributed by atoms with Gasteiger partial charge in [-0.05, 0) is 38.8 Å². The zero-order valence-electron chi connectivity index (χ0n) is 9.98.